The van der Waals surface area contributed by atoms with Gasteiger partial charge in [0.25, 0.3) is 5.82 Å². The molecule has 2 rings (SSSR count). The van der Waals surface area contributed by atoms with Gasteiger partial charge in [0.2, 0.25) is 0 Å². The fourth-order valence-electron chi connectivity index (χ4n) is 4.46. The number of para-hydroxylation sites is 1. The maximum atomic E-state index is 2.34. The van der Waals surface area contributed by atoms with Crippen molar-refractivity contribution in [2.24, 2.45) is 7.05 Å². The zero-order valence-electron chi connectivity index (χ0n) is 20.0. The average Bonchev–Trinajstić information content (AvgIpc) is 3.14. The molecule has 0 radical (unpaired) electrons. The summed E-state index contributed by atoms with van der Waals surface area (Å²) >= 11 is 0. The molecule has 0 spiro atoms. The number of unbranched alkanes of at least 4 members (excludes halogenated alkanes) is 15. The summed E-state index contributed by atoms with van der Waals surface area (Å²) in [4.78, 5) is 0. The van der Waals surface area contributed by atoms with Crippen molar-refractivity contribution in [3.05, 3.63) is 48.5 Å². The van der Waals surface area contributed by atoms with Crippen molar-refractivity contribution < 1.29 is 4.57 Å². The maximum absolute atomic E-state index is 2.34. The van der Waals surface area contributed by atoms with Gasteiger partial charge in [-0.1, -0.05) is 121 Å². The predicted molar refractivity (Wildman–Crippen MR) is 130 cm³/mol. The van der Waals surface area contributed by atoms with Crippen molar-refractivity contribution in [2.45, 2.75) is 116 Å². The fourth-order valence-corrected chi connectivity index (χ4v) is 4.46. The summed E-state index contributed by atoms with van der Waals surface area (Å²) in [6, 6.07) is 10.7. The Morgan fingerprint density at radius 1 is 0.633 bits per heavy atom. The van der Waals surface area contributed by atoms with Gasteiger partial charge in [-0.05, 0) is 18.6 Å². The van der Waals surface area contributed by atoms with Crippen LogP contribution in [-0.4, -0.2) is 4.57 Å². The number of hydrogen-bond donors (Lipinski definition) is 0. The Balaban J connectivity index is 1.43. The van der Waals surface area contributed by atoms with Crippen LogP contribution in [0.3, 0.4) is 0 Å². The molecule has 0 aliphatic heterocycles. The summed E-state index contributed by atoms with van der Waals surface area (Å²) < 4.78 is 4.61. The summed E-state index contributed by atoms with van der Waals surface area (Å²) in [5.74, 6) is 1.41. The van der Waals surface area contributed by atoms with Crippen LogP contribution in [0.5, 0.6) is 0 Å². The van der Waals surface area contributed by atoms with E-state index in [0.29, 0.717) is 0 Å². The van der Waals surface area contributed by atoms with Gasteiger partial charge in [0.1, 0.15) is 18.1 Å². The van der Waals surface area contributed by atoms with Crippen molar-refractivity contribution in [3.63, 3.8) is 0 Å². The highest BCUT2D eigenvalue weighted by Gasteiger charge is 2.15. The van der Waals surface area contributed by atoms with Crippen LogP contribution < -0.4 is 4.57 Å². The van der Waals surface area contributed by atoms with Crippen LogP contribution in [0.25, 0.3) is 5.69 Å². The van der Waals surface area contributed by atoms with Crippen molar-refractivity contribution in [2.75, 3.05) is 0 Å². The van der Waals surface area contributed by atoms with Crippen molar-refractivity contribution in [1.82, 2.24) is 4.57 Å². The molecule has 168 valence electrons. The number of benzene rings is 1. The minimum absolute atomic E-state index is 1.16. The van der Waals surface area contributed by atoms with E-state index in [-0.39, 0.29) is 0 Å². The molecular formula is C28H47N2+. The molecule has 0 aliphatic rings. The fraction of sp³-hybridized carbons (Fsp3) is 0.679. The first-order valence-electron chi connectivity index (χ1n) is 12.9. The van der Waals surface area contributed by atoms with E-state index in [1.807, 2.05) is 0 Å². The van der Waals surface area contributed by atoms with Gasteiger partial charge < -0.3 is 0 Å². The van der Waals surface area contributed by atoms with Crippen LogP contribution in [0.15, 0.2) is 42.7 Å². The second kappa shape index (κ2) is 16.2. The Bertz CT molecular complexity index is 644. The van der Waals surface area contributed by atoms with Crippen LogP contribution in [0.1, 0.15) is 115 Å². The van der Waals surface area contributed by atoms with Crippen LogP contribution in [0.2, 0.25) is 0 Å². The lowest BCUT2D eigenvalue weighted by Crippen LogP contribution is -2.31. The monoisotopic (exact) mass is 411 g/mol. The Kier molecular flexibility index (Phi) is 13.3. The maximum Gasteiger partial charge on any atom is 0.261 e. The molecule has 0 unspecified atom stereocenters. The van der Waals surface area contributed by atoms with E-state index in [4.69, 9.17) is 0 Å². The van der Waals surface area contributed by atoms with E-state index >= 15 is 0 Å². The molecule has 0 N–H and O–H groups in total. The van der Waals surface area contributed by atoms with E-state index in [1.165, 1.54) is 114 Å². The highest BCUT2D eigenvalue weighted by atomic mass is 15.1. The minimum atomic E-state index is 1.16. The Morgan fingerprint density at radius 3 is 1.60 bits per heavy atom. The van der Waals surface area contributed by atoms with E-state index in [9.17, 15) is 0 Å². The highest BCUT2D eigenvalue weighted by molar-refractivity contribution is 5.31. The van der Waals surface area contributed by atoms with Crippen LogP contribution in [-0.2, 0) is 13.5 Å². The summed E-state index contributed by atoms with van der Waals surface area (Å²) in [5, 5.41) is 0. The molecule has 1 heterocycles. The average molecular weight is 412 g/mol. The molecule has 0 amide bonds. The number of hydrogen-bond acceptors (Lipinski definition) is 0. The molecule has 2 nitrogen and oxygen atoms in total. The van der Waals surface area contributed by atoms with E-state index < -0.39 is 0 Å². The molecule has 0 fully saturated rings. The Hall–Kier alpha value is -1.57. The molecule has 0 saturated heterocycles. The summed E-state index contributed by atoms with van der Waals surface area (Å²) in [6.07, 6.45) is 28.4. The number of imidazole rings is 1. The molecule has 30 heavy (non-hydrogen) atoms. The number of rotatable bonds is 18. The molecule has 0 bridgehead atoms. The van der Waals surface area contributed by atoms with Gasteiger partial charge >= 0.3 is 0 Å². The SMILES string of the molecule is CCCCCCCCCCCCCCCCCCc1n(-c2ccccc2)cc[n+]1C. The first-order valence-corrected chi connectivity index (χ1v) is 12.9. The third kappa shape index (κ3) is 9.96. The standard InChI is InChI=1S/C28H47N2/c1-3-4-5-6-7-8-9-10-11-12-13-14-15-16-17-21-24-28-29(2)25-26-30(28)27-22-19-18-20-23-27/h18-20,22-23,25-26H,3-17,21,24H2,1-2H3/q+1. The molecule has 1 aromatic heterocycles. The van der Waals surface area contributed by atoms with Crippen molar-refractivity contribution in [3.8, 4) is 5.69 Å². The van der Waals surface area contributed by atoms with Gasteiger partial charge in [-0.15, -0.1) is 0 Å². The largest absolute Gasteiger partial charge is 0.261 e. The molecule has 0 aliphatic carbocycles. The molecule has 2 aromatic rings. The smallest absolute Gasteiger partial charge is 0.237 e. The summed E-state index contributed by atoms with van der Waals surface area (Å²) in [5.41, 5.74) is 1.27. The van der Waals surface area contributed by atoms with Crippen LogP contribution in [0, 0.1) is 0 Å². The van der Waals surface area contributed by atoms with E-state index in [1.54, 1.807) is 0 Å². The third-order valence-corrected chi connectivity index (χ3v) is 6.41. The predicted octanol–water partition coefficient (Wildman–Crippen LogP) is 8.11. The van der Waals surface area contributed by atoms with Gasteiger partial charge in [-0.25, -0.2) is 4.57 Å². The number of aryl methyl sites for hydroxylation is 1. The van der Waals surface area contributed by atoms with Gasteiger partial charge in [0, 0.05) is 6.42 Å². The minimum Gasteiger partial charge on any atom is -0.237 e. The number of aromatic nitrogens is 2. The quantitative estimate of drug-likeness (QED) is 0.173. The Morgan fingerprint density at radius 2 is 1.10 bits per heavy atom. The van der Waals surface area contributed by atoms with Gasteiger partial charge in [0.15, 0.2) is 0 Å². The molecular weight excluding hydrogens is 364 g/mol. The van der Waals surface area contributed by atoms with Crippen LogP contribution >= 0.6 is 0 Å². The lowest BCUT2D eigenvalue weighted by Gasteiger charge is -2.04. The van der Waals surface area contributed by atoms with E-state index in [2.05, 4.69) is 65.8 Å². The topological polar surface area (TPSA) is 8.81 Å². The third-order valence-electron chi connectivity index (χ3n) is 6.41. The summed E-state index contributed by atoms with van der Waals surface area (Å²) in [6.45, 7) is 2.30. The van der Waals surface area contributed by atoms with Gasteiger partial charge in [-0.3, -0.25) is 0 Å². The lowest BCUT2D eigenvalue weighted by atomic mass is 10.0. The van der Waals surface area contributed by atoms with Gasteiger partial charge in [-0.2, -0.15) is 4.57 Å². The second-order valence-corrected chi connectivity index (χ2v) is 9.08. The molecule has 0 saturated carbocycles. The molecule has 0 atom stereocenters. The zero-order valence-corrected chi connectivity index (χ0v) is 20.0. The van der Waals surface area contributed by atoms with Crippen molar-refractivity contribution >= 4 is 0 Å². The first-order chi connectivity index (χ1) is 14.8. The van der Waals surface area contributed by atoms with Gasteiger partial charge in [0.05, 0.1) is 7.05 Å². The summed E-state index contributed by atoms with van der Waals surface area (Å²) in [7, 11) is 2.17. The molecule has 1 aromatic carbocycles. The molecule has 2 heteroatoms. The highest BCUT2D eigenvalue weighted by Crippen LogP contribution is 2.15. The van der Waals surface area contributed by atoms with Crippen LogP contribution in [0.4, 0.5) is 0 Å². The normalized spacial score (nSPS) is 11.3. The number of nitrogens with zero attached hydrogens (tertiary/aromatic N) is 2. The van der Waals surface area contributed by atoms with E-state index in [0.717, 1.165) is 6.42 Å². The zero-order chi connectivity index (χ0) is 21.3. The lowest BCUT2D eigenvalue weighted by molar-refractivity contribution is -0.678. The Labute approximate surface area is 186 Å². The first kappa shape index (κ1) is 24.7. The second-order valence-electron chi connectivity index (χ2n) is 9.08. The van der Waals surface area contributed by atoms with Crippen molar-refractivity contribution in [1.29, 1.82) is 0 Å².